The van der Waals surface area contributed by atoms with Gasteiger partial charge in [-0.15, -0.1) is 0 Å². The zero-order chi connectivity index (χ0) is 23.0. The first-order chi connectivity index (χ1) is 15.9. The molecular formula is C24H20ClN3O4S. The Morgan fingerprint density at radius 2 is 1.88 bits per heavy atom. The Balaban J connectivity index is 1.38. The Morgan fingerprint density at radius 3 is 2.67 bits per heavy atom. The van der Waals surface area contributed by atoms with E-state index < -0.39 is 10.0 Å². The number of aromatic nitrogens is 1. The van der Waals surface area contributed by atoms with Gasteiger partial charge in [-0.3, -0.25) is 14.1 Å². The van der Waals surface area contributed by atoms with Gasteiger partial charge in [-0.25, -0.2) is 8.42 Å². The Bertz CT molecular complexity index is 1450. The normalized spacial score (nSPS) is 15.5. The monoisotopic (exact) mass is 481 g/mol. The molecule has 1 saturated heterocycles. The van der Waals surface area contributed by atoms with Crippen molar-refractivity contribution in [1.82, 2.24) is 4.98 Å². The molecule has 1 fully saturated rings. The summed E-state index contributed by atoms with van der Waals surface area (Å²) in [4.78, 5) is 17.3. The number of hydrogen-bond donors (Lipinski definition) is 1. The summed E-state index contributed by atoms with van der Waals surface area (Å²) in [5, 5.41) is 4.20. The maximum atomic E-state index is 12.8. The van der Waals surface area contributed by atoms with Gasteiger partial charge < -0.3 is 9.73 Å². The van der Waals surface area contributed by atoms with E-state index in [1.165, 1.54) is 4.31 Å². The molecule has 9 heteroatoms. The third-order valence-corrected chi connectivity index (χ3v) is 7.83. The third kappa shape index (κ3) is 4.19. The van der Waals surface area contributed by atoms with Gasteiger partial charge in [0.15, 0.2) is 0 Å². The van der Waals surface area contributed by atoms with E-state index in [9.17, 15) is 13.2 Å². The van der Waals surface area contributed by atoms with Gasteiger partial charge in [-0.1, -0.05) is 11.6 Å². The molecule has 1 aliphatic rings. The molecule has 0 atom stereocenters. The zero-order valence-electron chi connectivity index (χ0n) is 17.5. The minimum absolute atomic E-state index is 0.148. The first-order valence-corrected chi connectivity index (χ1v) is 12.4. The molecule has 0 aliphatic carbocycles. The minimum atomic E-state index is -3.30. The number of anilines is 2. The van der Waals surface area contributed by atoms with Gasteiger partial charge in [0.2, 0.25) is 10.0 Å². The van der Waals surface area contributed by atoms with Crippen molar-refractivity contribution in [2.24, 2.45) is 0 Å². The lowest BCUT2D eigenvalue weighted by molar-refractivity contribution is 0.102. The molecule has 3 heterocycles. The molecule has 0 radical (unpaired) electrons. The molecule has 168 valence electrons. The summed E-state index contributed by atoms with van der Waals surface area (Å²) in [5.74, 6) is -0.166. The highest BCUT2D eigenvalue weighted by Crippen LogP contribution is 2.34. The molecule has 5 rings (SSSR count). The first kappa shape index (κ1) is 21.5. The molecule has 7 nitrogen and oxygen atoms in total. The fourth-order valence-electron chi connectivity index (χ4n) is 3.96. The van der Waals surface area contributed by atoms with Gasteiger partial charge >= 0.3 is 0 Å². The SMILES string of the molecule is O=C(Nc1ccc(Cl)c(-c2nccc3occc23)c1)c1ccc(N2CCCCS2(=O)=O)cc1. The van der Waals surface area contributed by atoms with Crippen molar-refractivity contribution in [3.63, 3.8) is 0 Å². The molecule has 1 aliphatic heterocycles. The molecular weight excluding hydrogens is 462 g/mol. The fraction of sp³-hybridized carbons (Fsp3) is 0.167. The number of sulfonamides is 1. The molecule has 2 aromatic heterocycles. The second-order valence-electron chi connectivity index (χ2n) is 7.78. The van der Waals surface area contributed by atoms with E-state index in [-0.39, 0.29) is 11.7 Å². The fourth-order valence-corrected chi connectivity index (χ4v) is 5.80. The molecule has 33 heavy (non-hydrogen) atoms. The number of fused-ring (bicyclic) bond motifs is 1. The number of hydrogen-bond acceptors (Lipinski definition) is 5. The summed E-state index contributed by atoms with van der Waals surface area (Å²) in [6.07, 6.45) is 4.73. The van der Waals surface area contributed by atoms with Crippen LogP contribution in [0.4, 0.5) is 11.4 Å². The van der Waals surface area contributed by atoms with Crippen LogP contribution in [-0.2, 0) is 10.0 Å². The second-order valence-corrected chi connectivity index (χ2v) is 10.2. The van der Waals surface area contributed by atoms with E-state index in [2.05, 4.69) is 10.3 Å². The quantitative estimate of drug-likeness (QED) is 0.425. The Kier molecular flexibility index (Phi) is 5.55. The summed E-state index contributed by atoms with van der Waals surface area (Å²) in [6, 6.07) is 15.4. The molecule has 1 N–H and O–H groups in total. The van der Waals surface area contributed by atoms with Crippen LogP contribution in [0.3, 0.4) is 0 Å². The minimum Gasteiger partial charge on any atom is -0.464 e. The van der Waals surface area contributed by atoms with Crippen molar-refractivity contribution in [3.8, 4) is 11.3 Å². The van der Waals surface area contributed by atoms with E-state index in [0.29, 0.717) is 51.8 Å². The number of nitrogens with one attached hydrogen (secondary N) is 1. The van der Waals surface area contributed by atoms with Gasteiger partial charge in [-0.05, 0) is 67.4 Å². The van der Waals surface area contributed by atoms with E-state index >= 15 is 0 Å². The zero-order valence-corrected chi connectivity index (χ0v) is 19.1. The molecule has 4 aromatic rings. The first-order valence-electron chi connectivity index (χ1n) is 10.5. The Labute approximate surface area is 196 Å². The smallest absolute Gasteiger partial charge is 0.255 e. The number of furan rings is 1. The number of benzene rings is 2. The second kappa shape index (κ2) is 8.53. The largest absolute Gasteiger partial charge is 0.464 e. The van der Waals surface area contributed by atoms with Crippen LogP contribution in [-0.4, -0.2) is 31.6 Å². The van der Waals surface area contributed by atoms with E-state index in [0.717, 1.165) is 11.8 Å². The standard InChI is InChI=1S/C24H20ClN3O4S/c25-21-8-5-17(15-20(21)23-19-10-13-32-22(19)9-11-26-23)27-24(29)16-3-6-18(7-4-16)28-12-1-2-14-33(28,30)31/h3-11,13,15H,1-2,12,14H2,(H,27,29). The van der Waals surface area contributed by atoms with Gasteiger partial charge in [0.1, 0.15) is 5.58 Å². The summed E-state index contributed by atoms with van der Waals surface area (Å²) < 4.78 is 31.5. The Morgan fingerprint density at radius 1 is 1.06 bits per heavy atom. The summed E-state index contributed by atoms with van der Waals surface area (Å²) in [5.41, 5.74) is 3.58. The maximum absolute atomic E-state index is 12.8. The highest BCUT2D eigenvalue weighted by Gasteiger charge is 2.26. The Hall–Kier alpha value is -3.36. The van der Waals surface area contributed by atoms with E-state index in [1.807, 2.05) is 6.07 Å². The lowest BCUT2D eigenvalue weighted by atomic mass is 10.1. The van der Waals surface area contributed by atoms with Gasteiger partial charge in [0.05, 0.1) is 28.4 Å². The predicted molar refractivity (Wildman–Crippen MR) is 129 cm³/mol. The van der Waals surface area contributed by atoms with Crippen LogP contribution >= 0.6 is 11.6 Å². The highest BCUT2D eigenvalue weighted by atomic mass is 35.5. The van der Waals surface area contributed by atoms with Crippen molar-refractivity contribution < 1.29 is 17.6 Å². The number of carbonyl (C=O) groups is 1. The van der Waals surface area contributed by atoms with Crippen LogP contribution in [0, 0.1) is 0 Å². The third-order valence-electron chi connectivity index (χ3n) is 5.63. The van der Waals surface area contributed by atoms with Gasteiger partial charge in [0, 0.05) is 34.9 Å². The topological polar surface area (TPSA) is 92.5 Å². The van der Waals surface area contributed by atoms with Crippen molar-refractivity contribution in [1.29, 1.82) is 0 Å². The maximum Gasteiger partial charge on any atom is 0.255 e. The van der Waals surface area contributed by atoms with Crippen molar-refractivity contribution in [2.75, 3.05) is 21.9 Å². The average Bonchev–Trinajstić information content (AvgIpc) is 3.29. The lowest BCUT2D eigenvalue weighted by Crippen LogP contribution is -2.37. The molecule has 0 spiro atoms. The van der Waals surface area contributed by atoms with Crippen LogP contribution < -0.4 is 9.62 Å². The molecule has 0 unspecified atom stereocenters. The van der Waals surface area contributed by atoms with Crippen LogP contribution in [0.25, 0.3) is 22.2 Å². The number of nitrogens with zero attached hydrogens (tertiary/aromatic N) is 2. The number of halogens is 1. The molecule has 1 amide bonds. The van der Waals surface area contributed by atoms with Crippen molar-refractivity contribution in [3.05, 3.63) is 77.6 Å². The van der Waals surface area contributed by atoms with Gasteiger partial charge in [-0.2, -0.15) is 0 Å². The van der Waals surface area contributed by atoms with Gasteiger partial charge in [0.25, 0.3) is 5.91 Å². The van der Waals surface area contributed by atoms with E-state index in [1.54, 1.807) is 61.0 Å². The number of rotatable bonds is 4. The number of pyridine rings is 1. The molecule has 2 aromatic carbocycles. The highest BCUT2D eigenvalue weighted by molar-refractivity contribution is 7.92. The molecule has 0 bridgehead atoms. The lowest BCUT2D eigenvalue weighted by Gasteiger charge is -2.28. The van der Waals surface area contributed by atoms with Crippen LogP contribution in [0.15, 0.2) is 71.5 Å². The number of amides is 1. The summed E-state index contributed by atoms with van der Waals surface area (Å²) in [6.45, 7) is 0.457. The summed E-state index contributed by atoms with van der Waals surface area (Å²) >= 11 is 6.43. The molecule has 0 saturated carbocycles. The van der Waals surface area contributed by atoms with Crippen molar-refractivity contribution in [2.45, 2.75) is 12.8 Å². The average molecular weight is 482 g/mol. The van der Waals surface area contributed by atoms with Crippen LogP contribution in [0.2, 0.25) is 5.02 Å². The summed E-state index contributed by atoms with van der Waals surface area (Å²) in [7, 11) is -3.30. The van der Waals surface area contributed by atoms with Crippen LogP contribution in [0.1, 0.15) is 23.2 Å². The van der Waals surface area contributed by atoms with Crippen LogP contribution in [0.5, 0.6) is 0 Å². The predicted octanol–water partition coefficient (Wildman–Crippen LogP) is 5.33. The van der Waals surface area contributed by atoms with Crippen molar-refractivity contribution >= 4 is 49.9 Å². The van der Waals surface area contributed by atoms with E-state index in [4.69, 9.17) is 16.0 Å². The number of carbonyl (C=O) groups excluding carboxylic acids is 1.